The number of carbonyl (C=O) groups excluding carboxylic acids is 1. The predicted octanol–water partition coefficient (Wildman–Crippen LogP) is 3.68. The number of hydrogen-bond acceptors (Lipinski definition) is 5. The van der Waals surface area contributed by atoms with Crippen LogP contribution in [0.1, 0.15) is 37.7 Å². The molecule has 4 nitrogen and oxygen atoms in total. The summed E-state index contributed by atoms with van der Waals surface area (Å²) in [6.07, 6.45) is 7.00. The molecule has 0 radical (unpaired) electrons. The Morgan fingerprint density at radius 2 is 2.23 bits per heavy atom. The molecule has 1 aliphatic heterocycles. The van der Waals surface area contributed by atoms with Crippen molar-refractivity contribution < 1.29 is 14.3 Å². The van der Waals surface area contributed by atoms with Gasteiger partial charge in [0.25, 0.3) is 0 Å². The molecule has 1 atom stereocenters. The monoisotopic (exact) mass is 319 g/mol. The second-order valence-corrected chi connectivity index (χ2v) is 7.03. The van der Waals surface area contributed by atoms with Gasteiger partial charge in [-0.15, -0.1) is 0 Å². The number of rotatable bonds is 5. The SMILES string of the molecule is COc1cccc(C2(N=C=O)CCC2)c1OC1CCCSC1. The van der Waals surface area contributed by atoms with Gasteiger partial charge in [0.05, 0.1) is 7.11 Å². The minimum absolute atomic E-state index is 0.200. The molecule has 1 aromatic rings. The highest BCUT2D eigenvalue weighted by Gasteiger charge is 2.42. The molecule has 3 rings (SSSR count). The summed E-state index contributed by atoms with van der Waals surface area (Å²) >= 11 is 1.93. The third-order valence-corrected chi connectivity index (χ3v) is 5.73. The first-order valence-corrected chi connectivity index (χ1v) is 8.95. The number of aliphatic imine (C=N–C) groups is 1. The van der Waals surface area contributed by atoms with E-state index in [1.54, 1.807) is 13.2 Å². The summed E-state index contributed by atoms with van der Waals surface area (Å²) in [5.74, 6) is 3.69. The fraction of sp³-hybridized carbons (Fsp3) is 0.588. The number of para-hydroxylation sites is 1. The van der Waals surface area contributed by atoms with E-state index in [4.69, 9.17) is 9.47 Å². The molecule has 0 spiro atoms. The molecule has 1 aliphatic carbocycles. The lowest BCUT2D eigenvalue weighted by Gasteiger charge is -2.39. The Kier molecular flexibility index (Phi) is 4.74. The molecule has 22 heavy (non-hydrogen) atoms. The maximum Gasteiger partial charge on any atom is 0.235 e. The van der Waals surface area contributed by atoms with E-state index in [2.05, 4.69) is 4.99 Å². The Hall–Kier alpha value is -1.45. The maximum atomic E-state index is 10.9. The normalized spacial score (nSPS) is 23.0. The predicted molar refractivity (Wildman–Crippen MR) is 87.6 cm³/mol. The number of benzene rings is 1. The third-order valence-electron chi connectivity index (χ3n) is 4.54. The number of ether oxygens (including phenoxy) is 2. The van der Waals surface area contributed by atoms with Crippen LogP contribution in [-0.4, -0.2) is 30.8 Å². The third kappa shape index (κ3) is 2.88. The van der Waals surface area contributed by atoms with Crippen LogP contribution in [0.5, 0.6) is 11.5 Å². The topological polar surface area (TPSA) is 47.9 Å². The fourth-order valence-corrected chi connectivity index (χ4v) is 4.21. The molecule has 1 saturated heterocycles. The quantitative estimate of drug-likeness (QED) is 0.613. The van der Waals surface area contributed by atoms with Crippen LogP contribution >= 0.6 is 11.8 Å². The molecule has 0 amide bonds. The van der Waals surface area contributed by atoms with E-state index in [0.717, 1.165) is 48.5 Å². The van der Waals surface area contributed by atoms with Gasteiger partial charge in [0.2, 0.25) is 6.08 Å². The van der Waals surface area contributed by atoms with Crippen molar-refractivity contribution in [3.05, 3.63) is 23.8 Å². The lowest BCUT2D eigenvalue weighted by molar-refractivity contribution is 0.184. The van der Waals surface area contributed by atoms with E-state index in [1.165, 1.54) is 12.2 Å². The molecule has 1 aromatic carbocycles. The Balaban J connectivity index is 1.96. The smallest absolute Gasteiger partial charge is 0.235 e. The van der Waals surface area contributed by atoms with Crippen LogP contribution in [0.2, 0.25) is 0 Å². The summed E-state index contributed by atoms with van der Waals surface area (Å²) in [6.45, 7) is 0. The number of hydrogen-bond donors (Lipinski definition) is 0. The van der Waals surface area contributed by atoms with Crippen LogP contribution in [0.4, 0.5) is 0 Å². The van der Waals surface area contributed by atoms with Crippen LogP contribution in [0.25, 0.3) is 0 Å². The highest BCUT2D eigenvalue weighted by atomic mass is 32.2. The Labute approximate surface area is 135 Å². The molecule has 0 aromatic heterocycles. The summed E-state index contributed by atoms with van der Waals surface area (Å²) in [5, 5.41) is 0. The average Bonchev–Trinajstić information content (AvgIpc) is 2.52. The zero-order chi connectivity index (χ0) is 15.4. The van der Waals surface area contributed by atoms with Gasteiger partial charge in [0, 0.05) is 11.3 Å². The Morgan fingerprint density at radius 1 is 1.36 bits per heavy atom. The van der Waals surface area contributed by atoms with Gasteiger partial charge < -0.3 is 9.47 Å². The molecule has 5 heteroatoms. The van der Waals surface area contributed by atoms with Gasteiger partial charge in [-0.1, -0.05) is 12.1 Å². The molecule has 118 valence electrons. The molecule has 1 saturated carbocycles. The molecule has 0 bridgehead atoms. The zero-order valence-electron chi connectivity index (χ0n) is 12.8. The minimum atomic E-state index is -0.465. The van der Waals surface area contributed by atoms with Crippen molar-refractivity contribution in [3.8, 4) is 11.5 Å². The van der Waals surface area contributed by atoms with Gasteiger partial charge >= 0.3 is 0 Å². The van der Waals surface area contributed by atoms with Crippen molar-refractivity contribution in [1.29, 1.82) is 0 Å². The summed E-state index contributed by atoms with van der Waals surface area (Å²) in [4.78, 5) is 15.0. The van der Waals surface area contributed by atoms with Gasteiger partial charge in [0.15, 0.2) is 11.5 Å². The number of thioether (sulfide) groups is 1. The summed E-state index contributed by atoms with van der Waals surface area (Å²) in [7, 11) is 1.65. The van der Waals surface area contributed by atoms with E-state index in [1.807, 2.05) is 30.0 Å². The lowest BCUT2D eigenvalue weighted by Crippen LogP contribution is -2.33. The largest absolute Gasteiger partial charge is 0.493 e. The molecule has 2 aliphatic rings. The van der Waals surface area contributed by atoms with Crippen LogP contribution in [0, 0.1) is 0 Å². The highest BCUT2D eigenvalue weighted by Crippen LogP contribution is 2.50. The van der Waals surface area contributed by atoms with Crippen molar-refractivity contribution in [1.82, 2.24) is 0 Å². The van der Waals surface area contributed by atoms with Crippen molar-refractivity contribution in [2.75, 3.05) is 18.6 Å². The molecule has 2 fully saturated rings. The highest BCUT2D eigenvalue weighted by molar-refractivity contribution is 7.99. The molecular weight excluding hydrogens is 298 g/mol. The van der Waals surface area contributed by atoms with E-state index in [0.29, 0.717) is 0 Å². The van der Waals surface area contributed by atoms with E-state index in [-0.39, 0.29) is 6.10 Å². The van der Waals surface area contributed by atoms with Crippen LogP contribution in [0.3, 0.4) is 0 Å². The molecule has 0 N–H and O–H groups in total. The second kappa shape index (κ2) is 6.76. The first-order chi connectivity index (χ1) is 10.8. The van der Waals surface area contributed by atoms with Crippen molar-refractivity contribution in [2.24, 2.45) is 4.99 Å². The first kappa shape index (κ1) is 15.4. The zero-order valence-corrected chi connectivity index (χ0v) is 13.7. The van der Waals surface area contributed by atoms with E-state index < -0.39 is 5.54 Å². The number of methoxy groups -OCH3 is 1. The standard InChI is InChI=1S/C17H21NO3S/c1-20-15-7-2-6-14(17(18-12-19)8-4-9-17)16(15)21-13-5-3-10-22-11-13/h2,6-7,13H,3-5,8-11H2,1H3. The fourth-order valence-electron chi connectivity index (χ4n) is 3.18. The molecule has 1 unspecified atom stereocenters. The van der Waals surface area contributed by atoms with Gasteiger partial charge in [-0.25, -0.2) is 4.79 Å². The lowest BCUT2D eigenvalue weighted by atomic mass is 9.72. The van der Waals surface area contributed by atoms with Crippen molar-refractivity contribution >= 4 is 17.8 Å². The Morgan fingerprint density at radius 3 is 2.82 bits per heavy atom. The van der Waals surface area contributed by atoms with Gasteiger partial charge in [-0.05, 0) is 43.9 Å². The Bertz CT molecular complexity index is 573. The van der Waals surface area contributed by atoms with Gasteiger partial charge in [-0.2, -0.15) is 16.8 Å². The van der Waals surface area contributed by atoms with Crippen molar-refractivity contribution in [3.63, 3.8) is 0 Å². The van der Waals surface area contributed by atoms with E-state index >= 15 is 0 Å². The first-order valence-electron chi connectivity index (χ1n) is 7.80. The van der Waals surface area contributed by atoms with Crippen LogP contribution in [-0.2, 0) is 10.3 Å². The maximum absolute atomic E-state index is 10.9. The van der Waals surface area contributed by atoms with Gasteiger partial charge in [-0.3, -0.25) is 0 Å². The molecular formula is C17H21NO3S. The summed E-state index contributed by atoms with van der Waals surface area (Å²) in [5.41, 5.74) is 0.505. The summed E-state index contributed by atoms with van der Waals surface area (Å²) in [6, 6.07) is 5.86. The second-order valence-electron chi connectivity index (χ2n) is 5.88. The van der Waals surface area contributed by atoms with Gasteiger partial charge in [0.1, 0.15) is 11.6 Å². The number of isocyanates is 1. The average molecular weight is 319 g/mol. The van der Waals surface area contributed by atoms with Crippen LogP contribution < -0.4 is 9.47 Å². The molecule has 1 heterocycles. The summed E-state index contributed by atoms with van der Waals surface area (Å²) < 4.78 is 11.8. The van der Waals surface area contributed by atoms with Crippen molar-refractivity contribution in [2.45, 2.75) is 43.7 Å². The van der Waals surface area contributed by atoms with E-state index in [9.17, 15) is 4.79 Å². The minimum Gasteiger partial charge on any atom is -0.493 e. The van der Waals surface area contributed by atoms with Crippen LogP contribution in [0.15, 0.2) is 23.2 Å². The number of nitrogens with zero attached hydrogens (tertiary/aromatic N) is 1.